The molecule has 0 atom stereocenters. The van der Waals surface area contributed by atoms with Crippen LogP contribution >= 0.6 is 0 Å². The van der Waals surface area contributed by atoms with Crippen LogP contribution in [-0.2, 0) is 9.59 Å². The summed E-state index contributed by atoms with van der Waals surface area (Å²) in [7, 11) is 0. The number of aldehydes is 1. The Morgan fingerprint density at radius 2 is 2.14 bits per heavy atom. The molecule has 0 aliphatic heterocycles. The summed E-state index contributed by atoms with van der Waals surface area (Å²) in [5, 5.41) is 0. The topological polar surface area (TPSA) is 34.1 Å². The molecule has 0 heterocycles. The van der Waals surface area contributed by atoms with E-state index >= 15 is 0 Å². The van der Waals surface area contributed by atoms with Crippen molar-refractivity contribution < 1.29 is 9.59 Å². The van der Waals surface area contributed by atoms with Crippen molar-refractivity contribution >= 4 is 12.1 Å². The zero-order valence-corrected chi connectivity index (χ0v) is 4.05. The first-order valence-corrected chi connectivity index (χ1v) is 1.90. The van der Waals surface area contributed by atoms with Crippen LogP contribution in [0.25, 0.3) is 0 Å². The molecular weight excluding hydrogens is 92.1 g/mol. The third-order valence-electron chi connectivity index (χ3n) is 0.410. The third-order valence-corrected chi connectivity index (χ3v) is 0.410. The van der Waals surface area contributed by atoms with Crippen LogP contribution in [-0.4, -0.2) is 12.1 Å². The van der Waals surface area contributed by atoms with Crippen molar-refractivity contribution in [2.24, 2.45) is 0 Å². The second kappa shape index (κ2) is 3.28. The lowest BCUT2D eigenvalue weighted by atomic mass is 10.4. The molecule has 0 spiro atoms. The molecule has 38 valence electrons. The van der Waals surface area contributed by atoms with E-state index in [0.29, 0.717) is 6.29 Å². The monoisotopic (exact) mass is 98.0 g/mol. The number of rotatable bonds is 2. The highest BCUT2D eigenvalue weighted by molar-refractivity contribution is 5.90. The maximum atomic E-state index is 9.96. The Morgan fingerprint density at radius 1 is 1.57 bits per heavy atom. The molecule has 0 N–H and O–H groups in total. The largest absolute Gasteiger partial charge is 0.299 e. The molecule has 0 saturated heterocycles. The van der Waals surface area contributed by atoms with Gasteiger partial charge in [-0.15, -0.1) is 0 Å². The number of ketones is 1. The predicted octanol–water partition coefficient (Wildman–Crippen LogP) is 0.330. The van der Waals surface area contributed by atoms with E-state index in [1.165, 1.54) is 19.1 Å². The first kappa shape index (κ1) is 6.08. The maximum Gasteiger partial charge on any atom is 0.152 e. The van der Waals surface area contributed by atoms with E-state index in [1.807, 2.05) is 0 Å². The van der Waals surface area contributed by atoms with Gasteiger partial charge in [-0.3, -0.25) is 9.59 Å². The minimum atomic E-state index is -0.105. The number of carbonyl (C=O) groups is 2. The van der Waals surface area contributed by atoms with Gasteiger partial charge in [0.05, 0.1) is 0 Å². The normalized spacial score (nSPS) is 9.29. The van der Waals surface area contributed by atoms with E-state index in [0.717, 1.165) is 0 Å². The molecule has 0 saturated carbocycles. The molecule has 0 rings (SSSR count). The van der Waals surface area contributed by atoms with Gasteiger partial charge in [0.25, 0.3) is 0 Å². The van der Waals surface area contributed by atoms with Gasteiger partial charge < -0.3 is 0 Å². The second-order valence-electron chi connectivity index (χ2n) is 1.11. The molecule has 0 aliphatic rings. The summed E-state index contributed by atoms with van der Waals surface area (Å²) in [6.45, 7) is 1.39. The molecule has 0 aliphatic carbocycles. The standard InChI is InChI=1S/C5H6O2/c1-5(7)3-2-4-6/h2-4H,1H3/b3-2-. The molecule has 0 aromatic heterocycles. The highest BCUT2D eigenvalue weighted by Gasteiger charge is 1.75. The van der Waals surface area contributed by atoms with E-state index in [4.69, 9.17) is 0 Å². The molecule has 0 aromatic carbocycles. The summed E-state index contributed by atoms with van der Waals surface area (Å²) in [5.74, 6) is -0.105. The number of hydrogen-bond donors (Lipinski definition) is 0. The SMILES string of the molecule is CC(=O)/C=C\C=O. The van der Waals surface area contributed by atoms with Crippen LogP contribution in [0.4, 0.5) is 0 Å². The highest BCUT2D eigenvalue weighted by atomic mass is 16.1. The van der Waals surface area contributed by atoms with E-state index in [-0.39, 0.29) is 5.78 Å². The molecule has 0 bridgehead atoms. The van der Waals surface area contributed by atoms with Gasteiger partial charge in [-0.2, -0.15) is 0 Å². The first-order valence-electron chi connectivity index (χ1n) is 1.90. The first-order chi connectivity index (χ1) is 3.27. The lowest BCUT2D eigenvalue weighted by molar-refractivity contribution is -0.113. The lowest BCUT2D eigenvalue weighted by Crippen LogP contribution is -1.78. The Morgan fingerprint density at radius 3 is 2.29 bits per heavy atom. The maximum absolute atomic E-state index is 9.96. The summed E-state index contributed by atoms with van der Waals surface area (Å²) in [5.41, 5.74) is 0. The fourth-order valence-corrected chi connectivity index (χ4v) is 0.175. The van der Waals surface area contributed by atoms with Gasteiger partial charge in [0.2, 0.25) is 0 Å². The smallest absolute Gasteiger partial charge is 0.152 e. The van der Waals surface area contributed by atoms with E-state index in [1.54, 1.807) is 0 Å². The van der Waals surface area contributed by atoms with Gasteiger partial charge >= 0.3 is 0 Å². The summed E-state index contributed by atoms with van der Waals surface area (Å²) < 4.78 is 0. The van der Waals surface area contributed by atoms with Crippen molar-refractivity contribution in [1.82, 2.24) is 0 Å². The van der Waals surface area contributed by atoms with Crippen LogP contribution in [0.15, 0.2) is 12.2 Å². The Balaban J connectivity index is 3.46. The Labute approximate surface area is 41.8 Å². The fourth-order valence-electron chi connectivity index (χ4n) is 0.175. The number of carbonyl (C=O) groups excluding carboxylic acids is 2. The van der Waals surface area contributed by atoms with E-state index in [9.17, 15) is 9.59 Å². The Hall–Kier alpha value is -0.920. The molecule has 7 heavy (non-hydrogen) atoms. The minimum absolute atomic E-state index is 0.105. The van der Waals surface area contributed by atoms with E-state index < -0.39 is 0 Å². The van der Waals surface area contributed by atoms with Crippen LogP contribution in [0.5, 0.6) is 0 Å². The molecule has 2 heteroatoms. The minimum Gasteiger partial charge on any atom is -0.299 e. The predicted molar refractivity (Wildman–Crippen MR) is 25.9 cm³/mol. The van der Waals surface area contributed by atoms with Crippen LogP contribution < -0.4 is 0 Å². The molecule has 0 radical (unpaired) electrons. The summed E-state index contributed by atoms with van der Waals surface area (Å²) in [4.78, 5) is 19.4. The van der Waals surface area contributed by atoms with Crippen molar-refractivity contribution in [3.63, 3.8) is 0 Å². The molecule has 0 amide bonds. The molecule has 0 fully saturated rings. The van der Waals surface area contributed by atoms with E-state index in [2.05, 4.69) is 0 Å². The summed E-state index contributed by atoms with van der Waals surface area (Å²) in [6, 6.07) is 0. The van der Waals surface area contributed by atoms with Crippen LogP contribution in [0, 0.1) is 0 Å². The molecule has 2 nitrogen and oxygen atoms in total. The fraction of sp³-hybridized carbons (Fsp3) is 0.200. The quantitative estimate of drug-likeness (QED) is 0.368. The van der Waals surface area contributed by atoms with Gasteiger partial charge in [0, 0.05) is 0 Å². The van der Waals surface area contributed by atoms with Gasteiger partial charge in [-0.25, -0.2) is 0 Å². The van der Waals surface area contributed by atoms with Crippen molar-refractivity contribution in [3.8, 4) is 0 Å². The summed E-state index contributed by atoms with van der Waals surface area (Å²) in [6.07, 6.45) is 2.96. The van der Waals surface area contributed by atoms with Crippen molar-refractivity contribution in [2.45, 2.75) is 6.92 Å². The van der Waals surface area contributed by atoms with Crippen molar-refractivity contribution in [3.05, 3.63) is 12.2 Å². The zero-order chi connectivity index (χ0) is 5.70. The molecular formula is C5H6O2. The molecule has 0 aromatic rings. The average Bonchev–Trinajstić information content (AvgIpc) is 1.61. The zero-order valence-electron chi connectivity index (χ0n) is 4.05. The van der Waals surface area contributed by atoms with Gasteiger partial charge in [-0.1, -0.05) is 0 Å². The number of allylic oxidation sites excluding steroid dienone is 2. The van der Waals surface area contributed by atoms with Gasteiger partial charge in [0.1, 0.15) is 6.29 Å². The lowest BCUT2D eigenvalue weighted by Gasteiger charge is -1.68. The van der Waals surface area contributed by atoms with Crippen LogP contribution in [0.1, 0.15) is 6.92 Å². The van der Waals surface area contributed by atoms with Gasteiger partial charge in [-0.05, 0) is 19.1 Å². The molecule has 0 unspecified atom stereocenters. The van der Waals surface area contributed by atoms with Crippen molar-refractivity contribution in [2.75, 3.05) is 0 Å². The third kappa shape index (κ3) is 5.08. The Bertz CT molecular complexity index is 103. The van der Waals surface area contributed by atoms with Crippen molar-refractivity contribution in [1.29, 1.82) is 0 Å². The summed E-state index contributed by atoms with van der Waals surface area (Å²) >= 11 is 0. The average molecular weight is 98.1 g/mol. The second-order valence-corrected chi connectivity index (χ2v) is 1.11. The van der Waals surface area contributed by atoms with Crippen LogP contribution in [0.3, 0.4) is 0 Å². The van der Waals surface area contributed by atoms with Gasteiger partial charge in [0.15, 0.2) is 5.78 Å². The highest BCUT2D eigenvalue weighted by Crippen LogP contribution is 1.68. The number of hydrogen-bond acceptors (Lipinski definition) is 2. The Kier molecular flexibility index (Phi) is 2.85. The van der Waals surface area contributed by atoms with Crippen LogP contribution in [0.2, 0.25) is 0 Å².